The monoisotopic (exact) mass is 284 g/mol. The summed E-state index contributed by atoms with van der Waals surface area (Å²) in [6.07, 6.45) is 1.00. The van der Waals surface area contributed by atoms with Gasteiger partial charge in [-0.1, -0.05) is 0 Å². The Morgan fingerprint density at radius 1 is 1.27 bits per heavy atom. The second kappa shape index (κ2) is 3.02. The summed E-state index contributed by atoms with van der Waals surface area (Å²) in [5.41, 5.74) is 0. The fraction of sp³-hybridized carbons (Fsp3) is 0.167. The highest BCUT2D eigenvalue weighted by atomic mass is 127. The molecule has 3 nitrogen and oxygen atoms in total. The summed E-state index contributed by atoms with van der Waals surface area (Å²) in [5, 5.41) is -1.31. The van der Waals surface area contributed by atoms with Crippen molar-refractivity contribution in [1.29, 1.82) is 0 Å². The maximum atomic E-state index is 10.9. The van der Waals surface area contributed by atoms with Crippen LogP contribution < -0.4 is 0 Å². The molecule has 1 unspecified atom stereocenters. The highest BCUT2D eigenvalue weighted by Crippen LogP contribution is 2.19. The van der Waals surface area contributed by atoms with Gasteiger partial charge in [-0.3, -0.25) is 14.4 Å². The van der Waals surface area contributed by atoms with Gasteiger partial charge in [0.2, 0.25) is 11.6 Å². The van der Waals surface area contributed by atoms with Crippen LogP contribution in [0.25, 0.3) is 0 Å². The van der Waals surface area contributed by atoms with Crippen LogP contribution in [0.4, 0.5) is 0 Å². The molecule has 0 aliphatic heterocycles. The highest BCUT2D eigenvalue weighted by molar-refractivity contribution is 14.1. The van der Waals surface area contributed by atoms with Gasteiger partial charge in [-0.2, -0.15) is 0 Å². The van der Waals surface area contributed by atoms with E-state index in [1.54, 1.807) is 22.6 Å². The van der Waals surface area contributed by atoms with Gasteiger partial charge in [-0.05, 0) is 22.6 Å². The molecular formula is C6H2ClIO3. The number of halogens is 2. The molecule has 58 valence electrons. The van der Waals surface area contributed by atoms with Gasteiger partial charge in [-0.15, -0.1) is 11.6 Å². The third-order valence-corrected chi connectivity index (χ3v) is 2.44. The molecule has 11 heavy (non-hydrogen) atoms. The van der Waals surface area contributed by atoms with Gasteiger partial charge in [0.25, 0.3) is 0 Å². The van der Waals surface area contributed by atoms with Crippen LogP contribution in [0.2, 0.25) is 0 Å². The molecule has 0 aromatic heterocycles. The fourth-order valence-electron chi connectivity index (χ4n) is 0.622. The molecule has 1 atom stereocenters. The summed E-state index contributed by atoms with van der Waals surface area (Å²) >= 11 is 7.02. The van der Waals surface area contributed by atoms with E-state index in [-0.39, 0.29) is 3.58 Å². The Morgan fingerprint density at radius 3 is 2.36 bits per heavy atom. The molecule has 0 aromatic carbocycles. The number of Topliss-reactive ketones (excluding diaryl/α,β-unsaturated/α-hetero) is 2. The first-order chi connectivity index (χ1) is 5.04. The zero-order valence-corrected chi connectivity index (χ0v) is 8.05. The van der Waals surface area contributed by atoms with Crippen LogP contribution in [-0.4, -0.2) is 22.7 Å². The van der Waals surface area contributed by atoms with Gasteiger partial charge < -0.3 is 0 Å². The number of carbonyl (C=O) groups is 3. The van der Waals surface area contributed by atoms with Gasteiger partial charge in [0.05, 0.1) is 3.58 Å². The zero-order chi connectivity index (χ0) is 8.59. The van der Waals surface area contributed by atoms with Crippen molar-refractivity contribution in [2.75, 3.05) is 0 Å². The molecule has 0 heterocycles. The second-order valence-corrected chi connectivity index (χ2v) is 3.55. The normalized spacial score (nSPS) is 25.5. The molecule has 0 bridgehead atoms. The van der Waals surface area contributed by atoms with Gasteiger partial charge in [-0.25, -0.2) is 0 Å². The number of hydrogen-bond acceptors (Lipinski definition) is 3. The van der Waals surface area contributed by atoms with Crippen LogP contribution in [0.1, 0.15) is 0 Å². The van der Waals surface area contributed by atoms with E-state index in [9.17, 15) is 14.4 Å². The summed E-state index contributed by atoms with van der Waals surface area (Å²) in [6.45, 7) is 0. The average Bonchev–Trinajstić information content (AvgIpc) is 1.97. The predicted octanol–water partition coefficient (Wildman–Crippen LogP) is 0.634. The summed E-state index contributed by atoms with van der Waals surface area (Å²) in [6, 6.07) is 0. The second-order valence-electron chi connectivity index (χ2n) is 1.95. The first-order valence-electron chi connectivity index (χ1n) is 2.67. The van der Waals surface area contributed by atoms with E-state index in [4.69, 9.17) is 11.6 Å². The average molecular weight is 284 g/mol. The number of alkyl halides is 1. The number of ketones is 3. The molecule has 0 aromatic rings. The van der Waals surface area contributed by atoms with Crippen LogP contribution in [0.3, 0.4) is 0 Å². The smallest absolute Gasteiger partial charge is 0.228 e. The Labute approximate surface area is 80.9 Å². The van der Waals surface area contributed by atoms with Crippen molar-refractivity contribution in [2.45, 2.75) is 5.38 Å². The summed E-state index contributed by atoms with van der Waals surface area (Å²) in [5.74, 6) is -2.03. The lowest BCUT2D eigenvalue weighted by Gasteiger charge is -2.08. The quantitative estimate of drug-likeness (QED) is 0.284. The van der Waals surface area contributed by atoms with E-state index in [1.165, 1.54) is 0 Å². The summed E-state index contributed by atoms with van der Waals surface area (Å²) in [4.78, 5) is 32.3. The van der Waals surface area contributed by atoms with Gasteiger partial charge in [0, 0.05) is 6.08 Å². The predicted molar refractivity (Wildman–Crippen MR) is 46.8 cm³/mol. The molecule has 1 rings (SSSR count). The SMILES string of the molecule is O=C1C=C(I)C(=O)C(Cl)C1=O. The first kappa shape index (κ1) is 8.86. The van der Waals surface area contributed by atoms with Crippen LogP contribution in [-0.2, 0) is 14.4 Å². The van der Waals surface area contributed by atoms with Crippen LogP contribution >= 0.6 is 34.2 Å². The third kappa shape index (κ3) is 1.51. The number of carbonyl (C=O) groups excluding carboxylic acids is 3. The molecule has 0 spiro atoms. The molecule has 1 aliphatic carbocycles. The minimum Gasteiger partial charge on any atom is -0.291 e. The molecule has 0 saturated heterocycles. The fourth-order valence-corrected chi connectivity index (χ4v) is 1.63. The topological polar surface area (TPSA) is 51.2 Å². The lowest BCUT2D eigenvalue weighted by atomic mass is 10.0. The Morgan fingerprint density at radius 2 is 1.82 bits per heavy atom. The Bertz CT molecular complexity index is 282. The minimum atomic E-state index is -1.31. The lowest BCUT2D eigenvalue weighted by molar-refractivity contribution is -0.136. The molecule has 5 heteroatoms. The van der Waals surface area contributed by atoms with Crippen molar-refractivity contribution in [3.8, 4) is 0 Å². The van der Waals surface area contributed by atoms with Crippen LogP contribution in [0, 0.1) is 0 Å². The number of hydrogen-bond donors (Lipinski definition) is 0. The van der Waals surface area contributed by atoms with Gasteiger partial charge in [0.1, 0.15) is 0 Å². The highest BCUT2D eigenvalue weighted by Gasteiger charge is 2.34. The zero-order valence-electron chi connectivity index (χ0n) is 5.14. The first-order valence-corrected chi connectivity index (χ1v) is 4.19. The standard InChI is InChI=1S/C6H2ClIO3/c7-4-5(10)2(8)1-3(9)6(4)11/h1,4H. The molecule has 0 saturated carbocycles. The van der Waals surface area contributed by atoms with Crippen molar-refractivity contribution in [3.05, 3.63) is 9.66 Å². The maximum Gasteiger partial charge on any atom is 0.228 e. The van der Waals surface area contributed by atoms with E-state index in [1.807, 2.05) is 0 Å². The summed E-state index contributed by atoms with van der Waals surface area (Å²) < 4.78 is 0.215. The summed E-state index contributed by atoms with van der Waals surface area (Å²) in [7, 11) is 0. The van der Waals surface area contributed by atoms with Crippen molar-refractivity contribution in [3.63, 3.8) is 0 Å². The molecule has 0 N–H and O–H groups in total. The minimum absolute atomic E-state index is 0.215. The van der Waals surface area contributed by atoms with Gasteiger partial charge in [0.15, 0.2) is 11.2 Å². The van der Waals surface area contributed by atoms with E-state index in [0.29, 0.717) is 0 Å². The van der Waals surface area contributed by atoms with Crippen molar-refractivity contribution in [1.82, 2.24) is 0 Å². The van der Waals surface area contributed by atoms with E-state index in [2.05, 4.69) is 0 Å². The van der Waals surface area contributed by atoms with Gasteiger partial charge >= 0.3 is 0 Å². The molecule has 0 amide bonds. The molecular weight excluding hydrogens is 282 g/mol. The van der Waals surface area contributed by atoms with Crippen molar-refractivity contribution in [2.24, 2.45) is 0 Å². The van der Waals surface area contributed by atoms with Crippen LogP contribution in [0.15, 0.2) is 9.66 Å². The van der Waals surface area contributed by atoms with E-state index < -0.39 is 22.7 Å². The Hall–Kier alpha value is -0.230. The number of rotatable bonds is 0. The molecule has 1 aliphatic rings. The third-order valence-electron chi connectivity index (χ3n) is 1.20. The van der Waals surface area contributed by atoms with Crippen molar-refractivity contribution >= 4 is 51.5 Å². The molecule has 0 fully saturated rings. The van der Waals surface area contributed by atoms with Crippen LogP contribution in [0.5, 0.6) is 0 Å². The van der Waals surface area contributed by atoms with E-state index >= 15 is 0 Å². The van der Waals surface area contributed by atoms with Crippen molar-refractivity contribution < 1.29 is 14.4 Å². The maximum absolute atomic E-state index is 10.9. The largest absolute Gasteiger partial charge is 0.291 e. The van der Waals surface area contributed by atoms with E-state index in [0.717, 1.165) is 6.08 Å². The number of allylic oxidation sites excluding steroid dienone is 2. The lowest BCUT2D eigenvalue weighted by Crippen LogP contribution is -2.34. The Kier molecular flexibility index (Phi) is 2.43. The molecule has 0 radical (unpaired) electrons. The Balaban J connectivity index is 3.11.